The summed E-state index contributed by atoms with van der Waals surface area (Å²) < 4.78 is 15.1. The van der Waals surface area contributed by atoms with Crippen LogP contribution in [0, 0.1) is 5.82 Å². The Balaban J connectivity index is 1.35. The van der Waals surface area contributed by atoms with Gasteiger partial charge in [0.25, 0.3) is 5.91 Å². The van der Waals surface area contributed by atoms with Gasteiger partial charge in [0.1, 0.15) is 5.82 Å². The zero-order chi connectivity index (χ0) is 24.9. The third-order valence-corrected chi connectivity index (χ3v) is 6.34. The fraction of sp³-hybridized carbons (Fsp3) is 0.400. The Morgan fingerprint density at radius 2 is 1.97 bits per heavy atom. The van der Waals surface area contributed by atoms with E-state index >= 15 is 0 Å². The molecule has 0 bridgehead atoms. The Bertz CT molecular complexity index is 1300. The number of likely N-dealkylation sites (tertiary alicyclic amines) is 1. The third kappa shape index (κ3) is 5.68. The molecule has 2 fully saturated rings. The summed E-state index contributed by atoms with van der Waals surface area (Å²) in [5.41, 5.74) is 2.37. The van der Waals surface area contributed by atoms with Gasteiger partial charge in [-0.2, -0.15) is 19.6 Å². The molecule has 0 unspecified atom stereocenters. The minimum absolute atomic E-state index is 0.0294. The second-order valence-electron chi connectivity index (χ2n) is 9.07. The van der Waals surface area contributed by atoms with E-state index < -0.39 is 5.91 Å². The highest BCUT2D eigenvalue weighted by molar-refractivity contribution is 6.15. The molecule has 0 saturated carbocycles. The molecule has 36 heavy (non-hydrogen) atoms. The van der Waals surface area contributed by atoms with Crippen LogP contribution < -0.4 is 16.0 Å². The van der Waals surface area contributed by atoms with E-state index in [1.165, 1.54) is 25.0 Å². The number of hydrogen-bond acceptors (Lipinski definition) is 8. The zero-order valence-corrected chi connectivity index (χ0v) is 20.0. The van der Waals surface area contributed by atoms with Gasteiger partial charge in [-0.1, -0.05) is 12.1 Å². The molecule has 3 aromatic rings. The average molecular weight is 493 g/mol. The van der Waals surface area contributed by atoms with Gasteiger partial charge in [0, 0.05) is 24.2 Å². The van der Waals surface area contributed by atoms with E-state index in [0.29, 0.717) is 41.6 Å². The van der Waals surface area contributed by atoms with E-state index in [-0.39, 0.29) is 18.1 Å². The van der Waals surface area contributed by atoms with Crippen molar-refractivity contribution in [1.29, 1.82) is 0 Å². The third-order valence-electron chi connectivity index (χ3n) is 6.34. The molecule has 2 saturated heterocycles. The highest BCUT2D eigenvalue weighted by Crippen LogP contribution is 2.21. The molecule has 4 heterocycles. The molecule has 188 valence electrons. The van der Waals surface area contributed by atoms with Crippen molar-refractivity contribution >= 4 is 35.4 Å². The van der Waals surface area contributed by atoms with Crippen molar-refractivity contribution in [3.63, 3.8) is 0 Å². The van der Waals surface area contributed by atoms with Crippen LogP contribution in [-0.4, -0.2) is 69.0 Å². The van der Waals surface area contributed by atoms with Crippen LogP contribution in [0.4, 0.5) is 16.3 Å². The summed E-state index contributed by atoms with van der Waals surface area (Å²) in [6, 6.07) is 6.50. The molecule has 5 rings (SSSR count). The maximum Gasteiger partial charge on any atom is 0.254 e. The Morgan fingerprint density at radius 1 is 1.11 bits per heavy atom. The Kier molecular flexibility index (Phi) is 7.17. The fourth-order valence-corrected chi connectivity index (χ4v) is 4.52. The molecule has 1 aromatic carbocycles. The van der Waals surface area contributed by atoms with Crippen LogP contribution in [0.25, 0.3) is 11.7 Å². The van der Waals surface area contributed by atoms with Crippen molar-refractivity contribution in [2.24, 2.45) is 0 Å². The molecular weight excluding hydrogens is 463 g/mol. The Morgan fingerprint density at radius 3 is 2.75 bits per heavy atom. The highest BCUT2D eigenvalue weighted by Gasteiger charge is 2.24. The lowest BCUT2D eigenvalue weighted by Crippen LogP contribution is -2.22. The number of nitrogens with one attached hydrogen (secondary N) is 3. The van der Waals surface area contributed by atoms with Crippen LogP contribution >= 0.6 is 0 Å². The Hall–Kier alpha value is -3.86. The minimum Gasteiger partial charge on any atom is -0.354 e. The maximum absolute atomic E-state index is 13.5. The first-order chi connectivity index (χ1) is 17.5. The van der Waals surface area contributed by atoms with Gasteiger partial charge in [-0.3, -0.25) is 14.9 Å². The highest BCUT2D eigenvalue weighted by atomic mass is 19.1. The average Bonchev–Trinajstić information content (AvgIpc) is 3.58. The lowest BCUT2D eigenvalue weighted by Gasteiger charge is -2.15. The van der Waals surface area contributed by atoms with Gasteiger partial charge < -0.3 is 15.5 Å². The quantitative estimate of drug-likeness (QED) is 0.224. The number of carbonyl (C=O) groups excluding carboxylic acids is 2. The first kappa shape index (κ1) is 23.9. The van der Waals surface area contributed by atoms with Crippen molar-refractivity contribution in [1.82, 2.24) is 29.8 Å². The Labute approximate surface area is 208 Å². The van der Waals surface area contributed by atoms with Crippen molar-refractivity contribution in [2.75, 3.05) is 43.4 Å². The molecule has 2 aliphatic heterocycles. The lowest BCUT2D eigenvalue weighted by molar-refractivity contribution is -0.124. The molecular formula is C25H29FN8O2. The topological polar surface area (TPSA) is 117 Å². The first-order valence-electron chi connectivity index (χ1n) is 12.3. The second-order valence-corrected chi connectivity index (χ2v) is 9.07. The van der Waals surface area contributed by atoms with Gasteiger partial charge >= 0.3 is 0 Å². The number of imide groups is 1. The van der Waals surface area contributed by atoms with Gasteiger partial charge in [-0.15, -0.1) is 0 Å². The molecule has 2 aliphatic rings. The molecule has 10 nitrogen and oxygen atoms in total. The zero-order valence-electron chi connectivity index (χ0n) is 20.0. The van der Waals surface area contributed by atoms with Gasteiger partial charge in [0.15, 0.2) is 5.65 Å². The van der Waals surface area contributed by atoms with Crippen molar-refractivity contribution in [2.45, 2.75) is 32.1 Å². The number of amides is 2. The number of nitrogens with zero attached hydrogens (tertiary/aromatic N) is 5. The van der Waals surface area contributed by atoms with Gasteiger partial charge in [-0.25, -0.2) is 4.39 Å². The number of aromatic nitrogens is 4. The maximum atomic E-state index is 13.5. The molecule has 0 atom stereocenters. The van der Waals surface area contributed by atoms with Gasteiger partial charge in [0.05, 0.1) is 12.6 Å². The molecule has 0 radical (unpaired) electrons. The van der Waals surface area contributed by atoms with E-state index in [1.807, 2.05) is 6.07 Å². The SMILES string of the molecule is O=C1C/C(=C\c2cnn3c(NCCc4cccc(F)c4)nc(NCCCN4CCCC4)nc23)C(=O)N1. The van der Waals surface area contributed by atoms with Crippen LogP contribution in [0.5, 0.6) is 0 Å². The molecule has 2 aromatic heterocycles. The van der Waals surface area contributed by atoms with E-state index in [0.717, 1.165) is 38.2 Å². The van der Waals surface area contributed by atoms with Crippen molar-refractivity contribution in [3.8, 4) is 0 Å². The number of rotatable bonds is 10. The fourth-order valence-electron chi connectivity index (χ4n) is 4.52. The largest absolute Gasteiger partial charge is 0.354 e. The second kappa shape index (κ2) is 10.8. The monoisotopic (exact) mass is 492 g/mol. The molecule has 3 N–H and O–H groups in total. The van der Waals surface area contributed by atoms with Crippen molar-refractivity contribution in [3.05, 3.63) is 53.0 Å². The summed E-state index contributed by atoms with van der Waals surface area (Å²) in [6.45, 7) is 4.58. The number of hydrogen-bond donors (Lipinski definition) is 3. The summed E-state index contributed by atoms with van der Waals surface area (Å²) in [4.78, 5) is 35.4. The predicted octanol–water partition coefficient (Wildman–Crippen LogP) is 2.25. The standard InChI is InChI=1S/C25H29FN8O2/c26-20-6-3-5-17(13-20)7-9-28-25-32-24(27-8-4-12-33-10-1-2-11-33)31-22-19(16-29-34(22)25)14-18-15-21(35)30-23(18)36/h3,5-6,13-14,16H,1-2,4,7-12,15H2,(H,30,35,36)(H2,27,28,31,32)/b18-14+. The van der Waals surface area contributed by atoms with Crippen LogP contribution in [0.1, 0.15) is 36.8 Å². The van der Waals surface area contributed by atoms with E-state index in [4.69, 9.17) is 0 Å². The van der Waals surface area contributed by atoms with Crippen LogP contribution in [0.3, 0.4) is 0 Å². The molecule has 0 spiro atoms. The summed E-state index contributed by atoms with van der Waals surface area (Å²) in [6.07, 6.45) is 7.37. The number of carbonyl (C=O) groups is 2. The number of halogens is 1. The van der Waals surface area contributed by atoms with Crippen LogP contribution in [0.2, 0.25) is 0 Å². The minimum atomic E-state index is -0.401. The van der Waals surface area contributed by atoms with Gasteiger partial charge in [-0.05, 0) is 69.1 Å². The van der Waals surface area contributed by atoms with Crippen LogP contribution in [0.15, 0.2) is 36.0 Å². The lowest BCUT2D eigenvalue weighted by atomic mass is 10.1. The number of fused-ring (bicyclic) bond motifs is 1. The van der Waals surface area contributed by atoms with E-state index in [2.05, 4.69) is 35.9 Å². The summed E-state index contributed by atoms with van der Waals surface area (Å²) in [7, 11) is 0. The first-order valence-corrected chi connectivity index (χ1v) is 12.3. The summed E-state index contributed by atoms with van der Waals surface area (Å²) in [5.74, 6) is -0.0598. The molecule has 2 amide bonds. The van der Waals surface area contributed by atoms with Gasteiger partial charge in [0.2, 0.25) is 17.8 Å². The summed E-state index contributed by atoms with van der Waals surface area (Å²) >= 11 is 0. The smallest absolute Gasteiger partial charge is 0.254 e. The molecule has 0 aliphatic carbocycles. The molecule has 11 heteroatoms. The van der Waals surface area contributed by atoms with E-state index in [1.54, 1.807) is 22.9 Å². The summed E-state index contributed by atoms with van der Waals surface area (Å²) in [5, 5.41) is 13.3. The predicted molar refractivity (Wildman–Crippen MR) is 134 cm³/mol. The number of benzene rings is 1. The van der Waals surface area contributed by atoms with Crippen LogP contribution in [-0.2, 0) is 16.0 Å². The normalized spacial score (nSPS) is 17.3. The van der Waals surface area contributed by atoms with E-state index in [9.17, 15) is 14.0 Å². The van der Waals surface area contributed by atoms with Crippen molar-refractivity contribution < 1.29 is 14.0 Å². The number of anilines is 2.